The molecule has 0 bridgehead atoms. The molecule has 1 aromatic rings. The number of sulfone groups is 1. The van der Waals surface area contributed by atoms with Crippen LogP contribution in [0, 0.1) is 0 Å². The molecule has 0 aliphatic rings. The molecule has 10 heteroatoms. The lowest BCUT2D eigenvalue weighted by Crippen LogP contribution is -2.39. The molecule has 1 rings (SSSR count). The number of hydrogen-bond acceptors (Lipinski definition) is 6. The van der Waals surface area contributed by atoms with Gasteiger partial charge >= 0.3 is 0 Å². The molecular weight excluding hydrogens is 497 g/mol. The summed E-state index contributed by atoms with van der Waals surface area (Å²) in [5.41, 5.74) is 0.951. The maximum absolute atomic E-state index is 11.1. The van der Waals surface area contributed by atoms with Gasteiger partial charge in [0.05, 0.1) is 45.8 Å². The van der Waals surface area contributed by atoms with Crippen LogP contribution in [0.15, 0.2) is 23.2 Å². The number of guanidine groups is 1. The summed E-state index contributed by atoms with van der Waals surface area (Å²) in [6.07, 6.45) is 1.19. The molecule has 0 fully saturated rings. The number of methoxy groups -OCH3 is 2. The normalized spacial score (nSPS) is 12.7. The molecule has 0 saturated carbocycles. The molecule has 0 radical (unpaired) electrons. The summed E-state index contributed by atoms with van der Waals surface area (Å²) in [6, 6.07) is 5.57. The third-order valence-corrected chi connectivity index (χ3v) is 4.61. The van der Waals surface area contributed by atoms with E-state index in [1.54, 1.807) is 14.2 Å². The van der Waals surface area contributed by atoms with Gasteiger partial charge in [-0.25, -0.2) is 8.42 Å². The molecular formula is C18H32IN3O5S. The van der Waals surface area contributed by atoms with Crippen molar-refractivity contribution in [1.82, 2.24) is 10.6 Å². The summed E-state index contributed by atoms with van der Waals surface area (Å²) < 4.78 is 38.2. The molecule has 1 atom stereocenters. The zero-order chi connectivity index (χ0) is 20.3. The van der Waals surface area contributed by atoms with E-state index in [0.29, 0.717) is 25.7 Å². The summed E-state index contributed by atoms with van der Waals surface area (Å²) in [5.74, 6) is 2.17. The number of nitrogens with one attached hydrogen (secondary N) is 2. The topological polar surface area (TPSA) is 98.3 Å². The average Bonchev–Trinajstić information content (AvgIpc) is 2.63. The molecule has 1 unspecified atom stereocenters. The van der Waals surface area contributed by atoms with E-state index in [1.165, 1.54) is 6.26 Å². The molecule has 0 heterocycles. The Balaban J connectivity index is 0.00000729. The van der Waals surface area contributed by atoms with Crippen LogP contribution in [0.4, 0.5) is 0 Å². The van der Waals surface area contributed by atoms with E-state index in [4.69, 9.17) is 14.2 Å². The largest absolute Gasteiger partial charge is 0.497 e. The average molecular weight is 529 g/mol. The van der Waals surface area contributed by atoms with E-state index >= 15 is 0 Å². The molecule has 0 aliphatic carbocycles. The Bertz CT molecular complexity index is 713. The van der Waals surface area contributed by atoms with Crippen LogP contribution in [0.2, 0.25) is 0 Å². The first-order chi connectivity index (χ1) is 12.8. The molecule has 0 spiro atoms. The second kappa shape index (κ2) is 13.8. The zero-order valence-electron chi connectivity index (χ0n) is 17.1. The molecule has 2 N–H and O–H groups in total. The van der Waals surface area contributed by atoms with Crippen LogP contribution in [-0.4, -0.2) is 66.9 Å². The first-order valence-corrected chi connectivity index (χ1v) is 10.9. The van der Waals surface area contributed by atoms with E-state index in [0.717, 1.165) is 17.1 Å². The van der Waals surface area contributed by atoms with Crippen molar-refractivity contribution in [3.63, 3.8) is 0 Å². The van der Waals surface area contributed by atoms with Gasteiger partial charge in [-0.1, -0.05) is 0 Å². The highest BCUT2D eigenvalue weighted by Gasteiger charge is 2.14. The fourth-order valence-corrected chi connectivity index (χ4v) is 2.74. The van der Waals surface area contributed by atoms with Crippen molar-refractivity contribution in [3.8, 4) is 11.5 Å². The van der Waals surface area contributed by atoms with E-state index in [-0.39, 0.29) is 42.4 Å². The van der Waals surface area contributed by atoms with Crippen LogP contribution in [0.5, 0.6) is 11.5 Å². The van der Waals surface area contributed by atoms with Gasteiger partial charge in [0, 0.05) is 18.4 Å². The Morgan fingerprint density at radius 3 is 2.50 bits per heavy atom. The van der Waals surface area contributed by atoms with Gasteiger partial charge in [-0.3, -0.25) is 4.99 Å². The van der Waals surface area contributed by atoms with Gasteiger partial charge in [-0.15, -0.1) is 24.0 Å². The molecule has 0 aromatic heterocycles. The molecule has 0 aliphatic heterocycles. The number of benzene rings is 1. The van der Waals surface area contributed by atoms with Crippen molar-refractivity contribution in [2.24, 2.45) is 4.99 Å². The number of hydrogen-bond donors (Lipinski definition) is 2. The molecule has 28 heavy (non-hydrogen) atoms. The van der Waals surface area contributed by atoms with Crippen molar-refractivity contribution in [1.29, 1.82) is 0 Å². The van der Waals surface area contributed by atoms with Crippen LogP contribution in [0.3, 0.4) is 0 Å². The van der Waals surface area contributed by atoms with Crippen molar-refractivity contribution in [2.75, 3.05) is 52.5 Å². The third kappa shape index (κ3) is 10.3. The van der Waals surface area contributed by atoms with Gasteiger partial charge in [0.25, 0.3) is 0 Å². The molecule has 0 amide bonds. The number of halogens is 1. The van der Waals surface area contributed by atoms with Gasteiger partial charge < -0.3 is 24.8 Å². The van der Waals surface area contributed by atoms with E-state index in [2.05, 4.69) is 15.6 Å². The summed E-state index contributed by atoms with van der Waals surface area (Å²) in [6.45, 7) is 5.64. The highest BCUT2D eigenvalue weighted by Crippen LogP contribution is 2.29. The lowest BCUT2D eigenvalue weighted by molar-refractivity contribution is 0.157. The fourth-order valence-electron chi connectivity index (χ4n) is 2.32. The fraction of sp³-hybridized carbons (Fsp3) is 0.611. The minimum absolute atomic E-state index is 0. The summed E-state index contributed by atoms with van der Waals surface area (Å²) in [7, 11) is 0.251. The lowest BCUT2D eigenvalue weighted by atomic mass is 10.1. The van der Waals surface area contributed by atoms with Gasteiger partial charge in [0.1, 0.15) is 21.3 Å². The van der Waals surface area contributed by atoms with Gasteiger partial charge in [-0.05, 0) is 32.0 Å². The molecule has 162 valence electrons. The molecule has 1 aromatic carbocycles. The second-order valence-electron chi connectivity index (χ2n) is 5.98. The zero-order valence-corrected chi connectivity index (χ0v) is 20.3. The predicted octanol–water partition coefficient (Wildman–Crippen LogP) is 2.00. The number of aliphatic imine (C=N–C) groups is 1. The summed E-state index contributed by atoms with van der Waals surface area (Å²) in [5, 5.41) is 6.51. The smallest absolute Gasteiger partial charge is 0.191 e. The van der Waals surface area contributed by atoms with Crippen LogP contribution in [-0.2, 0) is 14.6 Å². The van der Waals surface area contributed by atoms with Gasteiger partial charge in [-0.2, -0.15) is 0 Å². The van der Waals surface area contributed by atoms with Gasteiger partial charge in [0.15, 0.2) is 5.96 Å². The third-order valence-electron chi connectivity index (χ3n) is 3.70. The van der Waals surface area contributed by atoms with E-state index < -0.39 is 9.84 Å². The van der Waals surface area contributed by atoms with E-state index in [9.17, 15) is 8.42 Å². The van der Waals surface area contributed by atoms with Crippen molar-refractivity contribution in [3.05, 3.63) is 23.8 Å². The van der Waals surface area contributed by atoms with Crippen molar-refractivity contribution >= 4 is 39.8 Å². The first-order valence-electron chi connectivity index (χ1n) is 8.83. The highest BCUT2D eigenvalue weighted by atomic mass is 127. The highest BCUT2D eigenvalue weighted by molar-refractivity contribution is 14.0. The standard InChI is InChI=1S/C18H31N3O5S.HI/c1-6-19-18(20-9-10-26-11-12-27(5,22)23)21-14(2)16-13-15(24-3)7-8-17(16)25-4;/h7-8,13-14H,6,9-12H2,1-5H3,(H2,19,20,21);1H. The summed E-state index contributed by atoms with van der Waals surface area (Å²) in [4.78, 5) is 4.46. The summed E-state index contributed by atoms with van der Waals surface area (Å²) >= 11 is 0. The van der Waals surface area contributed by atoms with Crippen molar-refractivity contribution in [2.45, 2.75) is 19.9 Å². The van der Waals surface area contributed by atoms with Crippen LogP contribution in [0.1, 0.15) is 25.5 Å². The first kappa shape index (κ1) is 26.7. The Labute approximate surface area is 185 Å². The van der Waals surface area contributed by atoms with Crippen LogP contribution >= 0.6 is 24.0 Å². The Morgan fingerprint density at radius 2 is 1.93 bits per heavy atom. The number of rotatable bonds is 11. The Hall–Kier alpha value is -1.27. The SMILES string of the molecule is CCNC(=NCCOCCS(C)(=O)=O)NC(C)c1cc(OC)ccc1OC.I. The minimum atomic E-state index is -3.00. The van der Waals surface area contributed by atoms with Gasteiger partial charge in [0.2, 0.25) is 0 Å². The predicted molar refractivity (Wildman–Crippen MR) is 123 cm³/mol. The monoisotopic (exact) mass is 529 g/mol. The Morgan fingerprint density at radius 1 is 1.21 bits per heavy atom. The Kier molecular flexibility index (Phi) is 13.2. The quantitative estimate of drug-likeness (QED) is 0.196. The number of ether oxygens (including phenoxy) is 3. The molecule has 8 nitrogen and oxygen atoms in total. The maximum Gasteiger partial charge on any atom is 0.191 e. The van der Waals surface area contributed by atoms with E-state index in [1.807, 2.05) is 32.0 Å². The second-order valence-corrected chi connectivity index (χ2v) is 8.24. The van der Waals surface area contributed by atoms with Crippen LogP contribution < -0.4 is 20.1 Å². The molecule has 0 saturated heterocycles. The van der Waals surface area contributed by atoms with Crippen molar-refractivity contribution < 1.29 is 22.6 Å². The minimum Gasteiger partial charge on any atom is -0.497 e. The maximum atomic E-state index is 11.1. The lowest BCUT2D eigenvalue weighted by Gasteiger charge is -2.20. The number of nitrogens with zero attached hydrogens (tertiary/aromatic N) is 1. The van der Waals surface area contributed by atoms with Crippen LogP contribution in [0.25, 0.3) is 0 Å².